The summed E-state index contributed by atoms with van der Waals surface area (Å²) in [6.07, 6.45) is 0.224. The van der Waals surface area contributed by atoms with Crippen LogP contribution in [0.2, 0.25) is 0 Å². The summed E-state index contributed by atoms with van der Waals surface area (Å²) < 4.78 is 3.94. The average molecular weight is 433 g/mol. The molecule has 2 N–H and O–H groups in total. The van der Waals surface area contributed by atoms with Crippen LogP contribution in [0.15, 0.2) is 70.3 Å². The molecular formula is C23H23N5O4. The van der Waals surface area contributed by atoms with Crippen molar-refractivity contribution in [2.24, 2.45) is 14.1 Å². The number of nitrogens with one attached hydrogen (secondary N) is 1. The number of fused-ring (bicyclic) bond motifs is 1. The maximum atomic E-state index is 13.0. The van der Waals surface area contributed by atoms with Gasteiger partial charge in [-0.05, 0) is 11.1 Å². The SMILES string of the molecule is Cn1c(=O)c2c(nc(N[C@@H](Cc3ccccc3)C(=O)O)n2Cc2ccccc2)n(C)c1=O. The van der Waals surface area contributed by atoms with Gasteiger partial charge in [-0.25, -0.2) is 9.59 Å². The van der Waals surface area contributed by atoms with Gasteiger partial charge < -0.3 is 10.4 Å². The number of nitrogens with zero attached hydrogens (tertiary/aromatic N) is 4. The van der Waals surface area contributed by atoms with Gasteiger partial charge in [-0.15, -0.1) is 0 Å². The molecule has 0 saturated heterocycles. The maximum absolute atomic E-state index is 13.0. The number of anilines is 1. The molecule has 2 aromatic carbocycles. The number of carboxylic acids is 1. The third-order valence-electron chi connectivity index (χ3n) is 5.42. The summed E-state index contributed by atoms with van der Waals surface area (Å²) in [6, 6.07) is 17.7. The van der Waals surface area contributed by atoms with Gasteiger partial charge in [0.05, 0.1) is 6.54 Å². The summed E-state index contributed by atoms with van der Waals surface area (Å²) in [5, 5.41) is 12.8. The summed E-state index contributed by atoms with van der Waals surface area (Å²) in [6.45, 7) is 0.283. The van der Waals surface area contributed by atoms with Gasteiger partial charge in [0.15, 0.2) is 11.2 Å². The predicted molar refractivity (Wildman–Crippen MR) is 121 cm³/mol. The van der Waals surface area contributed by atoms with Crippen molar-refractivity contribution in [3.05, 3.63) is 92.6 Å². The molecule has 4 rings (SSSR count). The molecule has 0 spiro atoms. The van der Waals surface area contributed by atoms with Crippen molar-refractivity contribution < 1.29 is 9.90 Å². The Kier molecular flexibility index (Phi) is 5.63. The van der Waals surface area contributed by atoms with E-state index in [0.29, 0.717) is 0 Å². The molecule has 0 aliphatic heterocycles. The Bertz CT molecular complexity index is 1390. The smallest absolute Gasteiger partial charge is 0.332 e. The van der Waals surface area contributed by atoms with Gasteiger partial charge >= 0.3 is 11.7 Å². The number of hydrogen-bond donors (Lipinski definition) is 2. The Morgan fingerprint density at radius 3 is 2.16 bits per heavy atom. The van der Waals surface area contributed by atoms with Crippen LogP contribution in [0.1, 0.15) is 11.1 Å². The van der Waals surface area contributed by atoms with Crippen LogP contribution in [0, 0.1) is 0 Å². The lowest BCUT2D eigenvalue weighted by atomic mass is 10.1. The number of benzene rings is 2. The quantitative estimate of drug-likeness (QED) is 0.458. The number of imidazole rings is 1. The van der Waals surface area contributed by atoms with Gasteiger partial charge in [0.2, 0.25) is 5.95 Å². The number of aliphatic carboxylic acids is 1. The Hall–Kier alpha value is -4.14. The third-order valence-corrected chi connectivity index (χ3v) is 5.42. The van der Waals surface area contributed by atoms with Gasteiger partial charge in [0.25, 0.3) is 5.56 Å². The Balaban J connectivity index is 1.85. The zero-order chi connectivity index (χ0) is 22.8. The van der Waals surface area contributed by atoms with Crippen LogP contribution in [0.3, 0.4) is 0 Å². The van der Waals surface area contributed by atoms with Crippen molar-refractivity contribution in [1.29, 1.82) is 0 Å². The second kappa shape index (κ2) is 8.54. The normalized spacial score (nSPS) is 12.1. The van der Waals surface area contributed by atoms with Crippen molar-refractivity contribution in [3.63, 3.8) is 0 Å². The lowest BCUT2D eigenvalue weighted by Gasteiger charge is -2.17. The number of carbonyl (C=O) groups is 1. The van der Waals surface area contributed by atoms with Gasteiger partial charge in [-0.1, -0.05) is 60.7 Å². The number of rotatable bonds is 7. The van der Waals surface area contributed by atoms with Crippen LogP contribution in [-0.4, -0.2) is 35.8 Å². The van der Waals surface area contributed by atoms with E-state index >= 15 is 0 Å². The minimum atomic E-state index is -1.05. The van der Waals surface area contributed by atoms with E-state index in [1.165, 1.54) is 18.7 Å². The summed E-state index contributed by atoms with van der Waals surface area (Å²) in [7, 11) is 2.94. The van der Waals surface area contributed by atoms with Crippen LogP contribution in [0.4, 0.5) is 5.95 Å². The summed E-state index contributed by atoms with van der Waals surface area (Å²) in [4.78, 5) is 41.9. The fourth-order valence-corrected chi connectivity index (χ4v) is 3.68. The summed E-state index contributed by atoms with van der Waals surface area (Å²) >= 11 is 0. The highest BCUT2D eigenvalue weighted by atomic mass is 16.4. The fourth-order valence-electron chi connectivity index (χ4n) is 3.68. The first-order valence-corrected chi connectivity index (χ1v) is 10.1. The number of carboxylic acid groups (broad SMARTS) is 1. The first kappa shape index (κ1) is 21.1. The summed E-state index contributed by atoms with van der Waals surface area (Å²) in [5.74, 6) is -0.834. The number of hydrogen-bond acceptors (Lipinski definition) is 5. The van der Waals surface area contributed by atoms with Crippen LogP contribution >= 0.6 is 0 Å². The third kappa shape index (κ3) is 3.92. The standard InChI is InChI=1S/C23H23N5O4/c1-26-19-18(20(29)27(2)23(26)32)28(14-16-11-7-4-8-12-16)22(25-19)24-17(21(30)31)13-15-9-5-3-6-10-15/h3-12,17H,13-14H2,1-2H3,(H,24,25)(H,30,31)/t17-/m0/s1. The molecule has 9 heteroatoms. The molecule has 0 radical (unpaired) electrons. The first-order chi connectivity index (χ1) is 15.4. The van der Waals surface area contributed by atoms with E-state index in [-0.39, 0.29) is 30.1 Å². The van der Waals surface area contributed by atoms with E-state index in [1.54, 1.807) is 4.57 Å². The topological polar surface area (TPSA) is 111 Å². The zero-order valence-electron chi connectivity index (χ0n) is 17.7. The molecule has 9 nitrogen and oxygen atoms in total. The van der Waals surface area contributed by atoms with Crippen molar-refractivity contribution in [1.82, 2.24) is 18.7 Å². The average Bonchev–Trinajstić information content (AvgIpc) is 3.15. The van der Waals surface area contributed by atoms with E-state index < -0.39 is 23.3 Å². The monoisotopic (exact) mass is 433 g/mol. The maximum Gasteiger partial charge on any atom is 0.332 e. The molecule has 2 aromatic heterocycles. The van der Waals surface area contributed by atoms with Crippen LogP contribution in [0.5, 0.6) is 0 Å². The highest BCUT2D eigenvalue weighted by Gasteiger charge is 2.24. The van der Waals surface area contributed by atoms with E-state index in [0.717, 1.165) is 15.7 Å². The highest BCUT2D eigenvalue weighted by molar-refractivity contribution is 5.79. The van der Waals surface area contributed by atoms with Gasteiger partial charge in [0.1, 0.15) is 6.04 Å². The molecular weight excluding hydrogens is 410 g/mol. The van der Waals surface area contributed by atoms with Gasteiger partial charge in [0, 0.05) is 20.5 Å². The number of aryl methyl sites for hydroxylation is 1. The van der Waals surface area contributed by atoms with Crippen LogP contribution in [0.25, 0.3) is 11.2 Å². The Morgan fingerprint density at radius 1 is 0.969 bits per heavy atom. The number of aromatic nitrogens is 4. The van der Waals surface area contributed by atoms with E-state index in [9.17, 15) is 19.5 Å². The predicted octanol–water partition coefficient (Wildman–Crippen LogP) is 1.59. The highest BCUT2D eigenvalue weighted by Crippen LogP contribution is 2.19. The molecule has 0 saturated carbocycles. The van der Waals surface area contributed by atoms with E-state index in [2.05, 4.69) is 10.3 Å². The Morgan fingerprint density at radius 2 is 1.56 bits per heavy atom. The van der Waals surface area contributed by atoms with Crippen molar-refractivity contribution in [3.8, 4) is 0 Å². The fraction of sp³-hybridized carbons (Fsp3) is 0.217. The van der Waals surface area contributed by atoms with Gasteiger partial charge in [-0.2, -0.15) is 4.98 Å². The molecule has 4 aromatic rings. The minimum absolute atomic E-state index is 0.195. The molecule has 2 heterocycles. The molecule has 0 amide bonds. The van der Waals surface area contributed by atoms with Crippen LogP contribution in [-0.2, 0) is 31.9 Å². The first-order valence-electron chi connectivity index (χ1n) is 10.1. The van der Waals surface area contributed by atoms with Crippen LogP contribution < -0.4 is 16.6 Å². The molecule has 0 bridgehead atoms. The second-order valence-corrected chi connectivity index (χ2v) is 7.61. The molecule has 32 heavy (non-hydrogen) atoms. The van der Waals surface area contributed by atoms with E-state index in [1.807, 2.05) is 60.7 Å². The molecule has 1 atom stereocenters. The van der Waals surface area contributed by atoms with Gasteiger partial charge in [-0.3, -0.25) is 18.5 Å². The van der Waals surface area contributed by atoms with Crippen molar-refractivity contribution in [2.75, 3.05) is 5.32 Å². The largest absolute Gasteiger partial charge is 0.480 e. The van der Waals surface area contributed by atoms with E-state index in [4.69, 9.17) is 0 Å². The molecule has 0 aliphatic carbocycles. The zero-order valence-corrected chi connectivity index (χ0v) is 17.7. The lowest BCUT2D eigenvalue weighted by molar-refractivity contribution is -0.137. The summed E-state index contributed by atoms with van der Waals surface area (Å²) in [5.41, 5.74) is 1.18. The molecule has 0 unspecified atom stereocenters. The molecule has 0 fully saturated rings. The molecule has 164 valence electrons. The second-order valence-electron chi connectivity index (χ2n) is 7.61. The molecule has 0 aliphatic rings. The minimum Gasteiger partial charge on any atom is -0.480 e. The lowest BCUT2D eigenvalue weighted by Crippen LogP contribution is -2.37. The van der Waals surface area contributed by atoms with Crippen molar-refractivity contribution in [2.45, 2.75) is 19.0 Å². The van der Waals surface area contributed by atoms with Crippen molar-refractivity contribution >= 4 is 23.1 Å². The Labute approximate surface area is 183 Å².